The van der Waals surface area contributed by atoms with Crippen molar-refractivity contribution in [1.29, 1.82) is 5.26 Å². The summed E-state index contributed by atoms with van der Waals surface area (Å²) in [6.07, 6.45) is 1.10. The van der Waals surface area contributed by atoms with Gasteiger partial charge in [-0.1, -0.05) is 117 Å². The fourth-order valence-corrected chi connectivity index (χ4v) is 6.59. The summed E-state index contributed by atoms with van der Waals surface area (Å²) < 4.78 is 16.1. The van der Waals surface area contributed by atoms with Gasteiger partial charge in [0.2, 0.25) is 0 Å². The summed E-state index contributed by atoms with van der Waals surface area (Å²) in [6, 6.07) is 45.7. The van der Waals surface area contributed by atoms with Crippen molar-refractivity contribution in [2.75, 3.05) is 0 Å². The van der Waals surface area contributed by atoms with E-state index in [1.807, 2.05) is 36.4 Å². The Hall–Kier alpha value is -5.01. The third-order valence-corrected chi connectivity index (χ3v) is 8.45. The average molecular weight is 713 g/mol. The molecule has 1 aliphatic rings. The first-order valence-electron chi connectivity index (χ1n) is 14.1. The van der Waals surface area contributed by atoms with Crippen molar-refractivity contribution in [1.82, 2.24) is 4.57 Å². The van der Waals surface area contributed by atoms with Crippen LogP contribution in [0.4, 0.5) is 10.1 Å². The zero-order chi connectivity index (χ0) is 31.3. The summed E-state index contributed by atoms with van der Waals surface area (Å²) in [5.41, 5.74) is 10.0. The highest BCUT2D eigenvalue weighted by atomic mass is 79.9. The molecule has 8 rings (SSSR count). The molecule has 0 unspecified atom stereocenters. The van der Waals surface area contributed by atoms with E-state index in [9.17, 15) is 4.39 Å². The fourth-order valence-electron chi connectivity index (χ4n) is 5.65. The Morgan fingerprint density at radius 1 is 0.667 bits per heavy atom. The largest absolute Gasteiger partial charge is 0.310 e. The third kappa shape index (κ3) is 6.44. The molecule has 6 heteroatoms. The lowest BCUT2D eigenvalue weighted by molar-refractivity contribution is 0.626. The van der Waals surface area contributed by atoms with E-state index in [4.69, 9.17) is 11.8 Å². The molecular weight excluding hydrogens is 689 g/mol. The van der Waals surface area contributed by atoms with E-state index < -0.39 is 5.82 Å². The van der Waals surface area contributed by atoms with Gasteiger partial charge in [0.25, 0.3) is 0 Å². The predicted molar refractivity (Wildman–Crippen MR) is 188 cm³/mol. The second-order valence-electron chi connectivity index (χ2n) is 10.4. The van der Waals surface area contributed by atoms with Crippen molar-refractivity contribution >= 4 is 59.4 Å². The molecule has 0 spiro atoms. The first-order chi connectivity index (χ1) is 21.9. The van der Waals surface area contributed by atoms with Crippen LogP contribution in [0.1, 0.15) is 16.7 Å². The highest BCUT2D eigenvalue weighted by molar-refractivity contribution is 9.10. The van der Waals surface area contributed by atoms with Crippen LogP contribution in [-0.2, 0) is 6.42 Å². The minimum absolute atomic E-state index is 0.326. The smallest absolute Gasteiger partial charge is 0.190 e. The molecule has 1 aliphatic carbocycles. The van der Waals surface area contributed by atoms with E-state index in [1.165, 1.54) is 45.2 Å². The molecule has 6 aromatic carbocycles. The lowest BCUT2D eigenvalue weighted by atomic mass is 10.1. The van der Waals surface area contributed by atoms with Crippen molar-refractivity contribution in [2.24, 2.45) is 0 Å². The second kappa shape index (κ2) is 13.3. The maximum atomic E-state index is 12.4. The van der Waals surface area contributed by atoms with Crippen molar-refractivity contribution in [3.05, 3.63) is 176 Å². The third-order valence-electron chi connectivity index (χ3n) is 7.53. The lowest BCUT2D eigenvalue weighted by Gasteiger charge is -2.09. The summed E-state index contributed by atoms with van der Waals surface area (Å²) in [4.78, 5) is 3.57. The molecule has 216 valence electrons. The number of para-hydroxylation sites is 2. The van der Waals surface area contributed by atoms with E-state index in [2.05, 4.69) is 126 Å². The number of halogens is 3. The number of hydrogen-bond acceptors (Lipinski definition) is 1. The van der Waals surface area contributed by atoms with Crippen LogP contribution in [0, 0.1) is 23.7 Å². The lowest BCUT2D eigenvalue weighted by Crippen LogP contribution is -1.93. The van der Waals surface area contributed by atoms with Crippen LogP contribution in [0.5, 0.6) is 0 Å². The molecule has 0 aliphatic heterocycles. The van der Waals surface area contributed by atoms with Gasteiger partial charge in [0.15, 0.2) is 5.69 Å². The minimum atomic E-state index is -0.397. The molecule has 0 saturated heterocycles. The Balaban J connectivity index is 0.000000132. The van der Waals surface area contributed by atoms with Gasteiger partial charge >= 0.3 is 0 Å². The average Bonchev–Trinajstić information content (AvgIpc) is 3.60. The predicted octanol–water partition coefficient (Wildman–Crippen LogP) is 11.8. The van der Waals surface area contributed by atoms with Gasteiger partial charge in [0.05, 0.1) is 29.2 Å². The van der Waals surface area contributed by atoms with E-state index in [0.717, 1.165) is 27.6 Å². The zero-order valence-electron chi connectivity index (χ0n) is 23.9. The van der Waals surface area contributed by atoms with Crippen LogP contribution in [0.3, 0.4) is 0 Å². The monoisotopic (exact) mass is 711 g/mol. The van der Waals surface area contributed by atoms with Gasteiger partial charge in [-0.25, -0.2) is 9.24 Å². The molecule has 0 amide bonds. The van der Waals surface area contributed by atoms with Crippen LogP contribution < -0.4 is 0 Å². The number of hydrogen-bond donors (Lipinski definition) is 0. The van der Waals surface area contributed by atoms with Crippen LogP contribution in [-0.4, -0.2) is 4.57 Å². The van der Waals surface area contributed by atoms with Crippen LogP contribution in [0.2, 0.25) is 0 Å². The fraction of sp³-hybridized carbons (Fsp3) is 0.0256. The van der Waals surface area contributed by atoms with Gasteiger partial charge < -0.3 is 4.57 Å². The molecule has 0 fully saturated rings. The molecule has 3 nitrogen and oxygen atoms in total. The van der Waals surface area contributed by atoms with Gasteiger partial charge in [0.1, 0.15) is 5.82 Å². The summed E-state index contributed by atoms with van der Waals surface area (Å²) in [6.45, 7) is 7.28. The van der Waals surface area contributed by atoms with Crippen molar-refractivity contribution < 1.29 is 4.39 Å². The molecule has 1 heterocycles. The number of rotatable bonds is 1. The number of aromatic nitrogens is 1. The molecule has 0 radical (unpaired) electrons. The van der Waals surface area contributed by atoms with Crippen LogP contribution >= 0.6 is 31.9 Å². The molecule has 1 aromatic heterocycles. The molecular formula is C39H24Br2FN3. The Bertz CT molecular complexity index is 2160. The van der Waals surface area contributed by atoms with Crippen molar-refractivity contribution in [3.8, 4) is 22.9 Å². The van der Waals surface area contributed by atoms with Gasteiger partial charge in [0, 0.05) is 25.4 Å². The standard InChI is InChI=1S/C19H11BrN2.C13H10.C7H3BrFN/c1-21-14-10-13(20)11-15(12-14)22-18-8-4-2-6-16(18)17-7-3-5-9-19(17)22;1-3-7-12-10(5-1)9-11-6-2-4-8-13(11)12;8-6-1-5(4-10)2-7(9)3-6/h2-12H;1-8H,9H2;1-3H. The molecule has 0 N–H and O–H groups in total. The maximum Gasteiger partial charge on any atom is 0.190 e. The number of nitrogens with zero attached hydrogens (tertiary/aromatic N) is 3. The minimum Gasteiger partial charge on any atom is -0.310 e. The van der Waals surface area contributed by atoms with Gasteiger partial charge in [-0.15, -0.1) is 0 Å². The van der Waals surface area contributed by atoms with Crippen LogP contribution in [0.25, 0.3) is 43.5 Å². The quantitative estimate of drug-likeness (QED) is 0.156. The Labute approximate surface area is 277 Å². The van der Waals surface area contributed by atoms with E-state index in [1.54, 1.807) is 6.07 Å². The highest BCUT2D eigenvalue weighted by Crippen LogP contribution is 2.36. The number of nitriles is 1. The normalized spacial score (nSPS) is 10.9. The summed E-state index contributed by atoms with van der Waals surface area (Å²) in [7, 11) is 0. The van der Waals surface area contributed by atoms with Crippen molar-refractivity contribution in [2.45, 2.75) is 6.42 Å². The number of benzene rings is 6. The zero-order valence-corrected chi connectivity index (χ0v) is 27.1. The Kier molecular flexibility index (Phi) is 8.89. The first-order valence-corrected chi connectivity index (χ1v) is 15.7. The molecule has 7 aromatic rings. The molecule has 0 bridgehead atoms. The van der Waals surface area contributed by atoms with Gasteiger partial charge in [-0.2, -0.15) is 5.26 Å². The first kappa shape index (κ1) is 30.0. The second-order valence-corrected chi connectivity index (χ2v) is 12.2. The van der Waals surface area contributed by atoms with E-state index in [0.29, 0.717) is 15.7 Å². The Morgan fingerprint density at radius 2 is 1.20 bits per heavy atom. The Morgan fingerprint density at radius 3 is 1.76 bits per heavy atom. The van der Waals surface area contributed by atoms with E-state index >= 15 is 0 Å². The summed E-state index contributed by atoms with van der Waals surface area (Å²) in [5, 5.41) is 10.8. The topological polar surface area (TPSA) is 33.1 Å². The van der Waals surface area contributed by atoms with Gasteiger partial charge in [-0.05, 0) is 77.2 Å². The maximum absolute atomic E-state index is 12.4. The molecule has 45 heavy (non-hydrogen) atoms. The van der Waals surface area contributed by atoms with Crippen LogP contribution in [0.15, 0.2) is 142 Å². The molecule has 0 atom stereocenters. The summed E-state index contributed by atoms with van der Waals surface area (Å²) in [5.74, 6) is -0.397. The highest BCUT2D eigenvalue weighted by Gasteiger charge is 2.16. The van der Waals surface area contributed by atoms with Gasteiger partial charge in [-0.3, -0.25) is 0 Å². The molecule has 0 saturated carbocycles. The SMILES string of the molecule is N#Cc1cc(F)cc(Br)c1.[C-]#[N+]c1cc(Br)cc(-n2c3ccccc3c3ccccc32)c1.c1ccc2c(c1)Cc1ccccc1-2. The number of fused-ring (bicyclic) bond motifs is 6. The van der Waals surface area contributed by atoms with E-state index in [-0.39, 0.29) is 0 Å². The van der Waals surface area contributed by atoms with Crippen molar-refractivity contribution in [3.63, 3.8) is 0 Å². The summed E-state index contributed by atoms with van der Waals surface area (Å²) >= 11 is 6.57.